The SMILES string of the molecule is Cc1cccnc1[C@H]1CCC[C@@H](c2ncccc2C)N1CCCCNC(=O)c1cc2c(-c3ccc(CNC(=O)c4ccc(C(C)(C)C)cc4)cc3)ncnc2[nH]1. The van der Waals surface area contributed by atoms with Crippen LogP contribution in [0.15, 0.2) is 97.6 Å². The quantitative estimate of drug-likeness (QED) is 0.107. The molecule has 0 saturated carbocycles. The van der Waals surface area contributed by atoms with Crippen molar-refractivity contribution >= 4 is 22.8 Å². The number of aryl methyl sites for hydroxylation is 2. The van der Waals surface area contributed by atoms with Gasteiger partial charge < -0.3 is 15.6 Å². The van der Waals surface area contributed by atoms with E-state index in [1.54, 1.807) is 0 Å². The van der Waals surface area contributed by atoms with Gasteiger partial charge in [0.05, 0.1) is 29.2 Å². The molecule has 7 rings (SSSR count). The van der Waals surface area contributed by atoms with Gasteiger partial charge in [0.15, 0.2) is 0 Å². The number of hydrogen-bond donors (Lipinski definition) is 3. The second-order valence-corrected chi connectivity index (χ2v) is 15.9. The molecule has 0 radical (unpaired) electrons. The van der Waals surface area contributed by atoms with Gasteiger partial charge in [-0.15, -0.1) is 0 Å². The number of hydrogen-bond acceptors (Lipinski definition) is 7. The highest BCUT2D eigenvalue weighted by atomic mass is 16.2. The summed E-state index contributed by atoms with van der Waals surface area (Å²) in [6.07, 6.45) is 10.3. The third-order valence-electron chi connectivity index (χ3n) is 11.0. The molecular formula is C46H52N8O2. The second kappa shape index (κ2) is 17.0. The Morgan fingerprint density at radius 2 is 1.45 bits per heavy atom. The summed E-state index contributed by atoms with van der Waals surface area (Å²) < 4.78 is 0. The van der Waals surface area contributed by atoms with Crippen molar-refractivity contribution in [3.05, 3.63) is 142 Å². The number of fused-ring (bicyclic) bond motifs is 1. The van der Waals surface area contributed by atoms with Crippen molar-refractivity contribution in [2.75, 3.05) is 13.1 Å². The van der Waals surface area contributed by atoms with E-state index >= 15 is 0 Å². The highest BCUT2D eigenvalue weighted by Gasteiger charge is 2.35. The van der Waals surface area contributed by atoms with Crippen LogP contribution in [0.2, 0.25) is 0 Å². The van der Waals surface area contributed by atoms with Crippen LogP contribution in [0.5, 0.6) is 0 Å². The van der Waals surface area contributed by atoms with Crippen molar-refractivity contribution in [2.24, 2.45) is 0 Å². The molecule has 0 bridgehead atoms. The number of rotatable bonds is 12. The first-order valence-electron chi connectivity index (χ1n) is 19.8. The van der Waals surface area contributed by atoms with Gasteiger partial charge in [-0.05, 0) is 110 Å². The van der Waals surface area contributed by atoms with Gasteiger partial charge in [0.25, 0.3) is 11.8 Å². The number of nitrogens with zero attached hydrogens (tertiary/aromatic N) is 5. The molecule has 1 fully saturated rings. The molecule has 5 heterocycles. The third kappa shape index (κ3) is 8.71. The normalized spacial score (nSPS) is 16.2. The molecule has 4 aromatic heterocycles. The van der Waals surface area contributed by atoms with E-state index in [4.69, 9.17) is 9.97 Å². The predicted octanol–water partition coefficient (Wildman–Crippen LogP) is 8.74. The third-order valence-corrected chi connectivity index (χ3v) is 11.0. The molecule has 3 N–H and O–H groups in total. The number of unbranched alkanes of at least 4 members (excludes halogenated alkanes) is 1. The number of H-pyrrole nitrogens is 1. The Morgan fingerprint density at radius 3 is 2.07 bits per heavy atom. The van der Waals surface area contributed by atoms with E-state index in [0.717, 1.165) is 72.2 Å². The zero-order valence-corrected chi connectivity index (χ0v) is 33.1. The van der Waals surface area contributed by atoms with Crippen LogP contribution in [0, 0.1) is 13.8 Å². The zero-order valence-electron chi connectivity index (χ0n) is 33.1. The minimum absolute atomic E-state index is 0.0329. The first-order chi connectivity index (χ1) is 27.1. The maximum absolute atomic E-state index is 13.4. The molecule has 10 heteroatoms. The number of aromatic amines is 1. The minimum atomic E-state index is -0.171. The van der Waals surface area contributed by atoms with Crippen LogP contribution in [0.3, 0.4) is 0 Å². The van der Waals surface area contributed by atoms with Crippen molar-refractivity contribution in [1.82, 2.24) is 40.5 Å². The molecule has 2 aromatic carbocycles. The summed E-state index contributed by atoms with van der Waals surface area (Å²) in [4.78, 5) is 50.6. The number of pyridine rings is 2. The number of carbonyl (C=O) groups is 2. The number of benzene rings is 2. The Hall–Kier alpha value is -5.74. The lowest BCUT2D eigenvalue weighted by Gasteiger charge is -2.42. The Labute approximate surface area is 329 Å². The van der Waals surface area contributed by atoms with Gasteiger partial charge in [0.1, 0.15) is 17.7 Å². The summed E-state index contributed by atoms with van der Waals surface area (Å²) in [5.41, 5.74) is 10.2. The maximum atomic E-state index is 13.4. The fourth-order valence-electron chi connectivity index (χ4n) is 7.84. The van der Waals surface area contributed by atoms with Gasteiger partial charge in [-0.1, -0.05) is 69.3 Å². The van der Waals surface area contributed by atoms with Gasteiger partial charge in [-0.3, -0.25) is 24.5 Å². The second-order valence-electron chi connectivity index (χ2n) is 15.9. The number of aromatic nitrogens is 5. The van der Waals surface area contributed by atoms with Crippen molar-refractivity contribution in [2.45, 2.75) is 90.8 Å². The van der Waals surface area contributed by atoms with E-state index in [1.165, 1.54) is 23.0 Å². The molecule has 288 valence electrons. The van der Waals surface area contributed by atoms with Crippen molar-refractivity contribution < 1.29 is 9.59 Å². The van der Waals surface area contributed by atoms with Gasteiger partial charge in [0.2, 0.25) is 0 Å². The molecule has 0 unspecified atom stereocenters. The van der Waals surface area contributed by atoms with E-state index < -0.39 is 0 Å². The molecule has 0 aliphatic carbocycles. The average molecular weight is 749 g/mol. The van der Waals surface area contributed by atoms with Crippen LogP contribution in [0.1, 0.15) is 119 Å². The van der Waals surface area contributed by atoms with E-state index in [0.29, 0.717) is 30.0 Å². The fraction of sp³-hybridized carbons (Fsp3) is 0.348. The van der Waals surface area contributed by atoms with Gasteiger partial charge in [-0.2, -0.15) is 0 Å². The van der Waals surface area contributed by atoms with E-state index in [2.05, 4.69) is 77.2 Å². The number of amides is 2. The number of nitrogens with one attached hydrogen (secondary N) is 3. The lowest BCUT2D eigenvalue weighted by molar-refractivity contribution is 0.0740. The zero-order chi connectivity index (χ0) is 39.2. The first-order valence-corrected chi connectivity index (χ1v) is 19.8. The molecule has 6 aromatic rings. The summed E-state index contributed by atoms with van der Waals surface area (Å²) >= 11 is 0. The molecule has 1 aliphatic heterocycles. The van der Waals surface area contributed by atoms with Crippen molar-refractivity contribution in [3.8, 4) is 11.3 Å². The maximum Gasteiger partial charge on any atom is 0.267 e. The van der Waals surface area contributed by atoms with Crippen molar-refractivity contribution in [1.29, 1.82) is 0 Å². The van der Waals surface area contributed by atoms with E-state index in [9.17, 15) is 9.59 Å². The molecule has 1 saturated heterocycles. The number of piperidine rings is 1. The first kappa shape index (κ1) is 38.5. The molecule has 2 atom stereocenters. The number of likely N-dealkylation sites (tertiary alicyclic amines) is 1. The Kier molecular flexibility index (Phi) is 11.7. The standard InChI is InChI=1S/C46H52N8O2/c1-30-11-9-24-47-40(30)38-13-8-14-39(41-31(2)12-10-25-48-41)54(38)26-7-6-23-49-45(56)37-27-36-42(51-29-52-43(36)53-37)33-17-15-32(16-18-33)28-50-44(55)34-19-21-35(22-20-34)46(3,4)5/h9-12,15-22,24-25,27,29,38-39H,6-8,13-14,23,26,28H2,1-5H3,(H,49,56)(H,50,55)(H,51,52,53)/t38-,39+. The van der Waals surface area contributed by atoms with E-state index in [1.807, 2.05) is 79.1 Å². The highest BCUT2D eigenvalue weighted by molar-refractivity contribution is 6.00. The predicted molar refractivity (Wildman–Crippen MR) is 221 cm³/mol. The largest absolute Gasteiger partial charge is 0.351 e. The molecule has 1 aliphatic rings. The fourth-order valence-corrected chi connectivity index (χ4v) is 7.84. The van der Waals surface area contributed by atoms with Crippen LogP contribution in [-0.2, 0) is 12.0 Å². The summed E-state index contributed by atoms with van der Waals surface area (Å²) in [6, 6.07) is 26.3. The molecule has 2 amide bonds. The summed E-state index contributed by atoms with van der Waals surface area (Å²) in [6.45, 7) is 12.6. The van der Waals surface area contributed by atoms with Crippen LogP contribution in [0.25, 0.3) is 22.3 Å². The summed E-state index contributed by atoms with van der Waals surface area (Å²) in [7, 11) is 0. The topological polar surface area (TPSA) is 129 Å². The van der Waals surface area contributed by atoms with Gasteiger partial charge >= 0.3 is 0 Å². The molecule has 10 nitrogen and oxygen atoms in total. The molecule has 0 spiro atoms. The smallest absolute Gasteiger partial charge is 0.267 e. The van der Waals surface area contributed by atoms with Crippen LogP contribution in [-0.4, -0.2) is 54.7 Å². The lowest BCUT2D eigenvalue weighted by atomic mass is 9.87. The van der Waals surface area contributed by atoms with Gasteiger partial charge in [-0.25, -0.2) is 9.97 Å². The monoisotopic (exact) mass is 748 g/mol. The van der Waals surface area contributed by atoms with Gasteiger partial charge in [0, 0.05) is 42.0 Å². The van der Waals surface area contributed by atoms with E-state index in [-0.39, 0.29) is 29.3 Å². The number of carbonyl (C=O) groups excluding carboxylic acids is 2. The highest BCUT2D eigenvalue weighted by Crippen LogP contribution is 2.42. The Morgan fingerprint density at radius 1 is 0.786 bits per heavy atom. The molecular weight excluding hydrogens is 697 g/mol. The average Bonchev–Trinajstić information content (AvgIpc) is 3.65. The summed E-state index contributed by atoms with van der Waals surface area (Å²) in [5, 5.41) is 6.91. The van der Waals surface area contributed by atoms with Crippen LogP contribution >= 0.6 is 0 Å². The van der Waals surface area contributed by atoms with Crippen LogP contribution in [0.4, 0.5) is 0 Å². The lowest BCUT2D eigenvalue weighted by Crippen LogP contribution is -2.38. The van der Waals surface area contributed by atoms with Crippen molar-refractivity contribution in [3.63, 3.8) is 0 Å². The Balaban J connectivity index is 0.953. The Bertz CT molecular complexity index is 2240. The minimum Gasteiger partial charge on any atom is -0.351 e. The molecule has 56 heavy (non-hydrogen) atoms. The van der Waals surface area contributed by atoms with Crippen LogP contribution < -0.4 is 10.6 Å². The summed E-state index contributed by atoms with van der Waals surface area (Å²) in [5.74, 6) is -0.282.